The Balaban J connectivity index is 1.92. The first-order valence-corrected chi connectivity index (χ1v) is 8.33. The Kier molecular flexibility index (Phi) is 4.64. The van der Waals surface area contributed by atoms with Gasteiger partial charge in [0, 0.05) is 26.2 Å². The van der Waals surface area contributed by atoms with Gasteiger partial charge >= 0.3 is 0 Å². The largest absolute Gasteiger partial charge is 0.319 e. The summed E-state index contributed by atoms with van der Waals surface area (Å²) in [6, 6.07) is 0. The first-order valence-electron chi connectivity index (χ1n) is 6.94. The molecule has 2 aliphatic heterocycles. The highest BCUT2D eigenvalue weighted by molar-refractivity contribution is 7.86. The Morgan fingerprint density at radius 3 is 2.22 bits per heavy atom. The van der Waals surface area contributed by atoms with Gasteiger partial charge in [-0.2, -0.15) is 17.0 Å². The monoisotopic (exact) mass is 275 g/mol. The molecule has 2 aliphatic rings. The van der Waals surface area contributed by atoms with Crippen LogP contribution < -0.4 is 5.32 Å². The molecular formula is C12H25N3O2S. The minimum Gasteiger partial charge on any atom is -0.319 e. The quantitative estimate of drug-likeness (QED) is 0.813. The van der Waals surface area contributed by atoms with Crippen LogP contribution in [0.4, 0.5) is 0 Å². The van der Waals surface area contributed by atoms with E-state index in [-0.39, 0.29) is 0 Å². The molecule has 2 rings (SSSR count). The van der Waals surface area contributed by atoms with Crippen molar-refractivity contribution in [2.24, 2.45) is 11.8 Å². The third-order valence-electron chi connectivity index (χ3n) is 4.11. The third-order valence-corrected chi connectivity index (χ3v) is 6.11. The summed E-state index contributed by atoms with van der Waals surface area (Å²) in [6.07, 6.45) is 2.95. The molecule has 0 spiro atoms. The van der Waals surface area contributed by atoms with Crippen molar-refractivity contribution in [2.45, 2.75) is 26.2 Å². The molecule has 1 N–H and O–H groups in total. The van der Waals surface area contributed by atoms with Crippen LogP contribution in [0, 0.1) is 11.8 Å². The second-order valence-electron chi connectivity index (χ2n) is 5.66. The number of rotatable bonds is 4. The normalized spacial score (nSPS) is 28.9. The molecule has 1 unspecified atom stereocenters. The van der Waals surface area contributed by atoms with Crippen LogP contribution in [0.3, 0.4) is 0 Å². The minimum absolute atomic E-state index is 0.501. The fourth-order valence-electron chi connectivity index (χ4n) is 2.90. The van der Waals surface area contributed by atoms with Crippen molar-refractivity contribution in [1.29, 1.82) is 0 Å². The molecular weight excluding hydrogens is 250 g/mol. The smallest absolute Gasteiger partial charge is 0.281 e. The van der Waals surface area contributed by atoms with Gasteiger partial charge in [0.15, 0.2) is 0 Å². The number of hydrogen-bond acceptors (Lipinski definition) is 3. The Morgan fingerprint density at radius 1 is 1.11 bits per heavy atom. The summed E-state index contributed by atoms with van der Waals surface area (Å²) in [5, 5.41) is 3.17. The van der Waals surface area contributed by atoms with Crippen molar-refractivity contribution >= 4 is 10.2 Å². The van der Waals surface area contributed by atoms with E-state index in [4.69, 9.17) is 0 Å². The maximum Gasteiger partial charge on any atom is 0.281 e. The van der Waals surface area contributed by atoms with Crippen LogP contribution in [0.15, 0.2) is 0 Å². The molecule has 0 aromatic rings. The van der Waals surface area contributed by atoms with Gasteiger partial charge in [-0.25, -0.2) is 0 Å². The van der Waals surface area contributed by atoms with E-state index in [2.05, 4.69) is 12.2 Å². The van der Waals surface area contributed by atoms with Gasteiger partial charge in [0.1, 0.15) is 0 Å². The molecule has 0 aromatic carbocycles. The zero-order valence-corrected chi connectivity index (χ0v) is 12.2. The van der Waals surface area contributed by atoms with Gasteiger partial charge in [-0.05, 0) is 44.7 Å². The molecule has 0 aliphatic carbocycles. The molecule has 0 saturated carbocycles. The number of piperidine rings is 1. The summed E-state index contributed by atoms with van der Waals surface area (Å²) in [5.41, 5.74) is 0. The maximum absolute atomic E-state index is 12.4. The molecule has 1 atom stereocenters. The Morgan fingerprint density at radius 2 is 1.72 bits per heavy atom. The van der Waals surface area contributed by atoms with Gasteiger partial charge in [0.05, 0.1) is 0 Å². The fraction of sp³-hybridized carbons (Fsp3) is 1.00. The van der Waals surface area contributed by atoms with Crippen LogP contribution in [-0.4, -0.2) is 56.8 Å². The predicted octanol–water partition coefficient (Wildman–Crippen LogP) is 0.504. The molecule has 2 saturated heterocycles. The lowest BCUT2D eigenvalue weighted by atomic mass is 9.98. The van der Waals surface area contributed by atoms with Gasteiger partial charge < -0.3 is 5.32 Å². The molecule has 0 aromatic heterocycles. The zero-order chi connectivity index (χ0) is 13.2. The maximum atomic E-state index is 12.4. The average Bonchev–Trinajstić information content (AvgIpc) is 2.78. The Bertz CT molecular complexity index is 364. The molecule has 0 bridgehead atoms. The lowest BCUT2D eigenvalue weighted by Crippen LogP contribution is -2.47. The fourth-order valence-corrected chi connectivity index (χ4v) is 4.68. The van der Waals surface area contributed by atoms with Gasteiger partial charge in [-0.15, -0.1) is 0 Å². The number of nitrogens with zero attached hydrogens (tertiary/aromatic N) is 2. The molecule has 2 heterocycles. The summed E-state index contributed by atoms with van der Waals surface area (Å²) in [6.45, 7) is 5.86. The lowest BCUT2D eigenvalue weighted by molar-refractivity contribution is 0.256. The number of nitrogens with one attached hydrogen (secondary N) is 1. The van der Waals surface area contributed by atoms with Crippen LogP contribution in [0.2, 0.25) is 0 Å². The zero-order valence-electron chi connectivity index (χ0n) is 11.4. The van der Waals surface area contributed by atoms with Crippen LogP contribution in [0.5, 0.6) is 0 Å². The van der Waals surface area contributed by atoms with Crippen molar-refractivity contribution in [1.82, 2.24) is 13.9 Å². The van der Waals surface area contributed by atoms with E-state index in [0.29, 0.717) is 38.0 Å². The van der Waals surface area contributed by atoms with Crippen LogP contribution in [-0.2, 0) is 10.2 Å². The van der Waals surface area contributed by atoms with E-state index in [1.54, 1.807) is 8.61 Å². The molecule has 0 radical (unpaired) electrons. The Hall–Kier alpha value is -0.170. The van der Waals surface area contributed by atoms with E-state index in [9.17, 15) is 8.42 Å². The predicted molar refractivity (Wildman–Crippen MR) is 72.5 cm³/mol. The molecule has 0 amide bonds. The van der Waals surface area contributed by atoms with Crippen LogP contribution in [0.1, 0.15) is 26.2 Å². The number of hydrogen-bond donors (Lipinski definition) is 1. The minimum atomic E-state index is -3.19. The first-order chi connectivity index (χ1) is 8.54. The second-order valence-corrected chi connectivity index (χ2v) is 7.59. The highest BCUT2D eigenvalue weighted by Crippen LogP contribution is 2.25. The van der Waals surface area contributed by atoms with E-state index >= 15 is 0 Å². The summed E-state index contributed by atoms with van der Waals surface area (Å²) in [7, 11) is -1.23. The molecule has 5 nitrogen and oxygen atoms in total. The van der Waals surface area contributed by atoms with Gasteiger partial charge in [-0.1, -0.05) is 6.92 Å². The summed E-state index contributed by atoms with van der Waals surface area (Å²) in [4.78, 5) is 0. The topological polar surface area (TPSA) is 52.7 Å². The van der Waals surface area contributed by atoms with Crippen molar-refractivity contribution in [2.75, 3.05) is 39.8 Å². The molecule has 2 fully saturated rings. The van der Waals surface area contributed by atoms with E-state index in [0.717, 1.165) is 25.8 Å². The second kappa shape index (κ2) is 5.86. The van der Waals surface area contributed by atoms with E-state index in [1.165, 1.54) is 0 Å². The lowest BCUT2D eigenvalue weighted by Gasteiger charge is -2.33. The molecule has 18 heavy (non-hydrogen) atoms. The van der Waals surface area contributed by atoms with Crippen molar-refractivity contribution < 1.29 is 8.42 Å². The molecule has 6 heteroatoms. The standard InChI is InChI=1S/C12H25N3O2S/c1-11-3-6-15(10-11)18(16,17)14-7-4-12(5-8-14)9-13-2/h11-13H,3-10H2,1-2H3. The molecule has 106 valence electrons. The summed E-state index contributed by atoms with van der Waals surface area (Å²) in [5.74, 6) is 1.13. The van der Waals surface area contributed by atoms with Gasteiger partial charge in [-0.3, -0.25) is 0 Å². The van der Waals surface area contributed by atoms with Crippen molar-refractivity contribution in [3.05, 3.63) is 0 Å². The van der Waals surface area contributed by atoms with Crippen LogP contribution in [0.25, 0.3) is 0 Å². The van der Waals surface area contributed by atoms with Gasteiger partial charge in [0.2, 0.25) is 0 Å². The van der Waals surface area contributed by atoms with E-state index in [1.807, 2.05) is 7.05 Å². The first kappa shape index (κ1) is 14.2. The van der Waals surface area contributed by atoms with Gasteiger partial charge in [0.25, 0.3) is 10.2 Å². The summed E-state index contributed by atoms with van der Waals surface area (Å²) < 4.78 is 28.2. The van der Waals surface area contributed by atoms with Crippen LogP contribution >= 0.6 is 0 Å². The highest BCUT2D eigenvalue weighted by Gasteiger charge is 2.35. The highest BCUT2D eigenvalue weighted by atomic mass is 32.2. The van der Waals surface area contributed by atoms with E-state index < -0.39 is 10.2 Å². The Labute approximate surface area is 111 Å². The third kappa shape index (κ3) is 3.04. The summed E-state index contributed by atoms with van der Waals surface area (Å²) >= 11 is 0. The van der Waals surface area contributed by atoms with Crippen molar-refractivity contribution in [3.8, 4) is 0 Å². The SMILES string of the molecule is CNCC1CCN(S(=O)(=O)N2CCC(C)C2)CC1. The van der Waals surface area contributed by atoms with Crippen molar-refractivity contribution in [3.63, 3.8) is 0 Å². The average molecular weight is 275 g/mol.